The van der Waals surface area contributed by atoms with Crippen molar-refractivity contribution in [3.63, 3.8) is 0 Å². The average Bonchev–Trinajstić information content (AvgIpc) is 3.45. The lowest BCUT2D eigenvalue weighted by molar-refractivity contribution is 0.242. The van der Waals surface area contributed by atoms with Gasteiger partial charge in [-0.1, -0.05) is 6.07 Å². The van der Waals surface area contributed by atoms with E-state index in [9.17, 15) is 0 Å². The van der Waals surface area contributed by atoms with E-state index in [1.807, 2.05) is 62.6 Å². The number of nitrogens with zero attached hydrogens (tertiary/aromatic N) is 4. The topological polar surface area (TPSA) is 55.2 Å². The second-order valence-electron chi connectivity index (χ2n) is 8.17. The van der Waals surface area contributed by atoms with Gasteiger partial charge in [0, 0.05) is 30.0 Å². The van der Waals surface area contributed by atoms with E-state index in [2.05, 4.69) is 61.3 Å². The van der Waals surface area contributed by atoms with Crippen molar-refractivity contribution in [1.29, 1.82) is 0 Å². The molecule has 0 unspecified atom stereocenters. The molecule has 1 fully saturated rings. The number of pyridine rings is 2. The fourth-order valence-electron chi connectivity index (χ4n) is 4.26. The molecular weight excluding hydrogens is 430 g/mol. The summed E-state index contributed by atoms with van der Waals surface area (Å²) in [5.74, 6) is 0.836. The fraction of sp³-hybridized carbons (Fsp3) is 0.192. The molecule has 1 saturated heterocycles. The smallest absolute Gasteiger partial charge is 0.174 e. The van der Waals surface area contributed by atoms with Crippen LogP contribution in [-0.2, 0) is 0 Å². The number of hydrogen-bond acceptors (Lipinski definition) is 4. The number of ether oxygens (including phenoxy) is 1. The van der Waals surface area contributed by atoms with Crippen LogP contribution in [0.4, 0.5) is 5.69 Å². The third-order valence-corrected chi connectivity index (χ3v) is 5.91. The van der Waals surface area contributed by atoms with Crippen molar-refractivity contribution in [3.8, 4) is 11.4 Å². The summed E-state index contributed by atoms with van der Waals surface area (Å²) in [4.78, 5) is 11.1. The molecule has 2 atom stereocenters. The second kappa shape index (κ2) is 9.03. The van der Waals surface area contributed by atoms with Crippen LogP contribution in [0.3, 0.4) is 0 Å². The van der Waals surface area contributed by atoms with Crippen LogP contribution < -0.4 is 15.0 Å². The molecular formula is C26H25N5OS. The number of hydrogen-bond donors (Lipinski definition) is 1. The van der Waals surface area contributed by atoms with Gasteiger partial charge in [0.2, 0.25) is 0 Å². The van der Waals surface area contributed by atoms with Gasteiger partial charge in [-0.05, 0) is 86.7 Å². The van der Waals surface area contributed by atoms with Crippen LogP contribution >= 0.6 is 12.2 Å². The zero-order valence-electron chi connectivity index (χ0n) is 18.5. The van der Waals surface area contributed by atoms with Crippen LogP contribution in [0.2, 0.25) is 0 Å². The third kappa shape index (κ3) is 4.19. The maximum Gasteiger partial charge on any atom is 0.174 e. The van der Waals surface area contributed by atoms with Gasteiger partial charge in [-0.2, -0.15) is 0 Å². The maximum atomic E-state index is 5.85. The molecule has 1 aliphatic rings. The Morgan fingerprint density at radius 1 is 0.939 bits per heavy atom. The lowest BCUT2D eigenvalue weighted by Crippen LogP contribution is -2.30. The highest BCUT2D eigenvalue weighted by Gasteiger charge is 2.42. The Labute approximate surface area is 198 Å². The van der Waals surface area contributed by atoms with E-state index in [0.29, 0.717) is 5.11 Å². The Morgan fingerprint density at radius 3 is 2.48 bits per heavy atom. The molecule has 1 aromatic carbocycles. The van der Waals surface area contributed by atoms with Crippen LogP contribution in [0, 0.1) is 0 Å². The highest BCUT2D eigenvalue weighted by molar-refractivity contribution is 7.80. The molecule has 4 heterocycles. The van der Waals surface area contributed by atoms with Crippen molar-refractivity contribution in [1.82, 2.24) is 19.9 Å². The average molecular weight is 456 g/mol. The van der Waals surface area contributed by atoms with Gasteiger partial charge in [-0.25, -0.2) is 0 Å². The van der Waals surface area contributed by atoms with Crippen molar-refractivity contribution in [2.45, 2.75) is 32.0 Å². The van der Waals surface area contributed by atoms with Gasteiger partial charge in [-0.3, -0.25) is 9.97 Å². The van der Waals surface area contributed by atoms with Crippen molar-refractivity contribution in [2.75, 3.05) is 4.90 Å². The molecule has 33 heavy (non-hydrogen) atoms. The lowest BCUT2D eigenvalue weighted by Gasteiger charge is -2.29. The predicted octanol–water partition coefficient (Wildman–Crippen LogP) is 5.23. The van der Waals surface area contributed by atoms with E-state index < -0.39 is 0 Å². The maximum absolute atomic E-state index is 5.85. The van der Waals surface area contributed by atoms with E-state index in [-0.39, 0.29) is 18.2 Å². The van der Waals surface area contributed by atoms with Crippen molar-refractivity contribution >= 4 is 23.0 Å². The Kier molecular flexibility index (Phi) is 5.79. The van der Waals surface area contributed by atoms with E-state index in [0.717, 1.165) is 28.5 Å². The Morgan fingerprint density at radius 2 is 1.79 bits per heavy atom. The summed E-state index contributed by atoms with van der Waals surface area (Å²) in [5, 5.41) is 4.18. The minimum Gasteiger partial charge on any atom is -0.491 e. The Balaban J connectivity index is 1.60. The van der Waals surface area contributed by atoms with E-state index >= 15 is 0 Å². The summed E-state index contributed by atoms with van der Waals surface area (Å²) in [6.45, 7) is 4.04. The van der Waals surface area contributed by atoms with Gasteiger partial charge in [0.05, 0.1) is 29.7 Å². The largest absolute Gasteiger partial charge is 0.491 e. The van der Waals surface area contributed by atoms with Gasteiger partial charge in [-0.15, -0.1) is 0 Å². The first-order chi connectivity index (χ1) is 16.1. The van der Waals surface area contributed by atoms with Crippen LogP contribution in [0.15, 0.2) is 91.5 Å². The molecule has 0 radical (unpaired) electrons. The Hall–Kier alpha value is -3.71. The molecule has 3 aromatic heterocycles. The molecule has 7 heteroatoms. The van der Waals surface area contributed by atoms with Crippen molar-refractivity contribution in [2.24, 2.45) is 0 Å². The first kappa shape index (κ1) is 21.2. The summed E-state index contributed by atoms with van der Waals surface area (Å²) >= 11 is 5.85. The predicted molar refractivity (Wildman–Crippen MR) is 134 cm³/mol. The van der Waals surface area contributed by atoms with Crippen LogP contribution in [0.25, 0.3) is 5.69 Å². The molecule has 5 rings (SSSR count). The first-order valence-corrected chi connectivity index (χ1v) is 11.4. The van der Waals surface area contributed by atoms with E-state index in [1.165, 1.54) is 0 Å². The molecule has 0 spiro atoms. The number of thiocarbonyl (C=S) groups is 1. The number of rotatable bonds is 6. The minimum atomic E-state index is -0.115. The highest BCUT2D eigenvalue weighted by Crippen LogP contribution is 2.42. The molecule has 6 nitrogen and oxygen atoms in total. The van der Waals surface area contributed by atoms with Gasteiger partial charge in [0.1, 0.15) is 11.8 Å². The van der Waals surface area contributed by atoms with Gasteiger partial charge >= 0.3 is 0 Å². The normalized spacial score (nSPS) is 17.9. The minimum absolute atomic E-state index is 0.112. The van der Waals surface area contributed by atoms with E-state index in [4.69, 9.17) is 17.0 Å². The molecule has 4 aromatic rings. The highest BCUT2D eigenvalue weighted by atomic mass is 32.1. The SMILES string of the molecule is CC(C)Oc1ccc(N2C(=S)N[C@@H](c3ccccn3)[C@H]2c2cccn2-c2cccnc2)cc1. The zero-order chi connectivity index (χ0) is 22.8. The number of benzene rings is 1. The van der Waals surface area contributed by atoms with Crippen molar-refractivity contribution in [3.05, 3.63) is 103 Å². The summed E-state index contributed by atoms with van der Waals surface area (Å²) in [7, 11) is 0. The zero-order valence-corrected chi connectivity index (χ0v) is 19.3. The number of anilines is 1. The van der Waals surface area contributed by atoms with Crippen LogP contribution in [-0.4, -0.2) is 25.8 Å². The van der Waals surface area contributed by atoms with Gasteiger partial charge in [0.25, 0.3) is 0 Å². The van der Waals surface area contributed by atoms with Crippen LogP contribution in [0.5, 0.6) is 5.75 Å². The molecule has 1 N–H and O–H groups in total. The quantitative estimate of drug-likeness (QED) is 0.402. The lowest BCUT2D eigenvalue weighted by atomic mass is 10.0. The summed E-state index contributed by atoms with van der Waals surface area (Å²) in [6, 6.07) is 22.0. The van der Waals surface area contributed by atoms with Gasteiger partial charge in [0.15, 0.2) is 5.11 Å². The molecule has 0 amide bonds. The number of aromatic nitrogens is 3. The Bertz CT molecular complexity index is 1220. The second-order valence-corrected chi connectivity index (χ2v) is 8.56. The summed E-state index contributed by atoms with van der Waals surface area (Å²) in [5.41, 5.74) is 4.02. The third-order valence-electron chi connectivity index (χ3n) is 5.59. The molecule has 1 aliphatic heterocycles. The molecule has 0 saturated carbocycles. The number of nitrogens with one attached hydrogen (secondary N) is 1. The standard InChI is InChI=1S/C26H25N5OS/c1-18(2)32-21-12-10-19(11-13-21)31-25(24(29-26(31)33)22-8-3-4-15-28-22)23-9-6-16-30(23)20-7-5-14-27-17-20/h3-18,24-25H,1-2H3,(H,29,33)/t24-,25+/m0/s1. The van der Waals surface area contributed by atoms with E-state index in [1.54, 1.807) is 6.20 Å². The van der Waals surface area contributed by atoms with Crippen LogP contribution in [0.1, 0.15) is 37.3 Å². The summed E-state index contributed by atoms with van der Waals surface area (Å²) < 4.78 is 8.00. The molecule has 0 bridgehead atoms. The first-order valence-electron chi connectivity index (χ1n) is 11.0. The summed E-state index contributed by atoms with van der Waals surface area (Å²) in [6.07, 6.45) is 7.64. The molecule has 166 valence electrons. The van der Waals surface area contributed by atoms with Crippen molar-refractivity contribution < 1.29 is 4.74 Å². The monoisotopic (exact) mass is 455 g/mol. The molecule has 0 aliphatic carbocycles. The van der Waals surface area contributed by atoms with Gasteiger partial charge < -0.3 is 19.5 Å². The fourth-order valence-corrected chi connectivity index (χ4v) is 4.60.